The highest BCUT2D eigenvalue weighted by Crippen LogP contribution is 2.35. The summed E-state index contributed by atoms with van der Waals surface area (Å²) < 4.78 is 46.6. The normalized spacial score (nSPS) is 15.2. The summed E-state index contributed by atoms with van der Waals surface area (Å²) in [5.74, 6) is -0.160. The topological polar surface area (TPSA) is 96.3 Å². The number of hydrogen-bond acceptors (Lipinski definition) is 8. The van der Waals surface area contributed by atoms with Crippen LogP contribution in [-0.4, -0.2) is 55.3 Å². The van der Waals surface area contributed by atoms with E-state index in [0.29, 0.717) is 16.4 Å². The van der Waals surface area contributed by atoms with Crippen LogP contribution in [0.25, 0.3) is 0 Å². The van der Waals surface area contributed by atoms with Crippen molar-refractivity contribution >= 4 is 29.2 Å². The predicted octanol–water partition coefficient (Wildman–Crippen LogP) is 3.12. The number of isocyanates is 1. The van der Waals surface area contributed by atoms with E-state index in [9.17, 15) is 23.1 Å². The second-order valence-electron chi connectivity index (χ2n) is 6.52. The van der Waals surface area contributed by atoms with Gasteiger partial charge >= 0.3 is 6.36 Å². The van der Waals surface area contributed by atoms with Crippen molar-refractivity contribution in [2.24, 2.45) is 4.99 Å². The van der Waals surface area contributed by atoms with Crippen molar-refractivity contribution < 1.29 is 32.5 Å². The van der Waals surface area contributed by atoms with E-state index in [1.165, 1.54) is 12.3 Å². The molecule has 0 amide bonds. The minimum atomic E-state index is -4.90. The third-order valence-corrected chi connectivity index (χ3v) is 4.65. The number of carbonyl (C=O) groups excluding carboxylic acids is 1. The van der Waals surface area contributed by atoms with E-state index in [4.69, 9.17) is 16.3 Å². The standard InChI is InChI=1S/C19H18ClF3N4O4/c20-14-7-12(9-25-18(14)27-5-3-24-4-6-27)16(29)10-30-17-8-13(31-19(21,22)23)1-2-15(17)26-11-28/h1-2,7-9,16,24,29H,3-6,10H2/t16-/m1/s1. The summed E-state index contributed by atoms with van der Waals surface area (Å²) in [6.07, 6.45) is -3.36. The lowest BCUT2D eigenvalue weighted by Crippen LogP contribution is -2.44. The molecular weight excluding hydrogens is 441 g/mol. The molecule has 166 valence electrons. The molecule has 0 bridgehead atoms. The van der Waals surface area contributed by atoms with Gasteiger partial charge in [0.05, 0.1) is 5.02 Å². The Morgan fingerprint density at radius 3 is 2.71 bits per heavy atom. The number of pyridine rings is 1. The maximum atomic E-state index is 12.4. The van der Waals surface area contributed by atoms with Crippen LogP contribution in [0.4, 0.5) is 24.7 Å². The van der Waals surface area contributed by atoms with Gasteiger partial charge in [-0.15, -0.1) is 13.2 Å². The molecule has 12 heteroatoms. The van der Waals surface area contributed by atoms with E-state index in [1.807, 2.05) is 4.90 Å². The summed E-state index contributed by atoms with van der Waals surface area (Å²) in [6, 6.07) is 4.54. The lowest BCUT2D eigenvalue weighted by Gasteiger charge is -2.29. The number of aliphatic hydroxyl groups excluding tert-OH is 1. The Morgan fingerprint density at radius 1 is 1.32 bits per heavy atom. The van der Waals surface area contributed by atoms with Gasteiger partial charge in [0.2, 0.25) is 6.08 Å². The first-order valence-corrected chi connectivity index (χ1v) is 9.54. The van der Waals surface area contributed by atoms with Crippen LogP contribution in [0.15, 0.2) is 35.5 Å². The van der Waals surface area contributed by atoms with Crippen LogP contribution < -0.4 is 19.7 Å². The van der Waals surface area contributed by atoms with Gasteiger partial charge in [-0.2, -0.15) is 4.99 Å². The van der Waals surface area contributed by atoms with E-state index < -0.39 is 18.2 Å². The summed E-state index contributed by atoms with van der Waals surface area (Å²) in [6.45, 7) is 2.74. The Labute approximate surface area is 180 Å². The molecule has 2 heterocycles. The third kappa shape index (κ3) is 6.31. The first-order valence-electron chi connectivity index (χ1n) is 9.16. The minimum Gasteiger partial charge on any atom is -0.488 e. The highest BCUT2D eigenvalue weighted by molar-refractivity contribution is 6.33. The highest BCUT2D eigenvalue weighted by atomic mass is 35.5. The largest absolute Gasteiger partial charge is 0.573 e. The summed E-state index contributed by atoms with van der Waals surface area (Å²) in [5, 5.41) is 14.0. The Balaban J connectivity index is 1.72. The van der Waals surface area contributed by atoms with Gasteiger partial charge in [0.25, 0.3) is 0 Å². The van der Waals surface area contributed by atoms with Crippen LogP contribution in [0.2, 0.25) is 5.02 Å². The van der Waals surface area contributed by atoms with Crippen molar-refractivity contribution in [2.75, 3.05) is 37.7 Å². The summed E-state index contributed by atoms with van der Waals surface area (Å²) in [5.41, 5.74) is 0.286. The Kier molecular flexibility index (Phi) is 7.34. The van der Waals surface area contributed by atoms with E-state index >= 15 is 0 Å². The number of hydrogen-bond donors (Lipinski definition) is 2. The molecule has 0 spiro atoms. The Hall–Kier alpha value is -2.85. The lowest BCUT2D eigenvalue weighted by molar-refractivity contribution is -0.274. The number of benzene rings is 1. The van der Waals surface area contributed by atoms with Gasteiger partial charge in [-0.25, -0.2) is 9.78 Å². The summed E-state index contributed by atoms with van der Waals surface area (Å²) >= 11 is 6.32. The number of nitrogens with zero attached hydrogens (tertiary/aromatic N) is 3. The molecule has 3 rings (SSSR count). The summed E-state index contributed by atoms with van der Waals surface area (Å²) in [4.78, 5) is 20.3. The number of anilines is 1. The minimum absolute atomic E-state index is 0.0677. The number of aliphatic imine (C=N–C) groups is 1. The van der Waals surface area contributed by atoms with Crippen molar-refractivity contribution in [1.29, 1.82) is 0 Å². The number of nitrogens with one attached hydrogen (secondary N) is 1. The van der Waals surface area contributed by atoms with Gasteiger partial charge in [0, 0.05) is 44.0 Å². The maximum absolute atomic E-state index is 12.4. The van der Waals surface area contributed by atoms with E-state index in [1.54, 1.807) is 6.07 Å². The van der Waals surface area contributed by atoms with E-state index in [-0.39, 0.29) is 18.0 Å². The average Bonchev–Trinajstić information content (AvgIpc) is 2.73. The molecule has 1 fully saturated rings. The first kappa shape index (κ1) is 22.8. The molecule has 8 nitrogen and oxygen atoms in total. The molecule has 0 unspecified atom stereocenters. The van der Waals surface area contributed by atoms with Crippen LogP contribution in [0.3, 0.4) is 0 Å². The molecule has 0 saturated carbocycles. The van der Waals surface area contributed by atoms with Gasteiger partial charge in [0.15, 0.2) is 0 Å². The van der Waals surface area contributed by atoms with Crippen LogP contribution in [-0.2, 0) is 4.79 Å². The summed E-state index contributed by atoms with van der Waals surface area (Å²) in [7, 11) is 0. The molecule has 0 radical (unpaired) electrons. The van der Waals surface area contributed by atoms with Crippen LogP contribution >= 0.6 is 11.6 Å². The molecule has 2 N–H and O–H groups in total. The van der Waals surface area contributed by atoms with E-state index in [0.717, 1.165) is 44.4 Å². The lowest BCUT2D eigenvalue weighted by atomic mass is 10.1. The predicted molar refractivity (Wildman–Crippen MR) is 106 cm³/mol. The zero-order valence-electron chi connectivity index (χ0n) is 16.0. The fourth-order valence-corrected chi connectivity index (χ4v) is 3.25. The smallest absolute Gasteiger partial charge is 0.488 e. The fourth-order valence-electron chi connectivity index (χ4n) is 2.95. The quantitative estimate of drug-likeness (QED) is 0.486. The molecule has 31 heavy (non-hydrogen) atoms. The third-order valence-electron chi connectivity index (χ3n) is 4.37. The van der Waals surface area contributed by atoms with Crippen molar-refractivity contribution in [1.82, 2.24) is 10.3 Å². The molecule has 1 aromatic carbocycles. The molecule has 1 atom stereocenters. The molecule has 2 aromatic rings. The average molecular weight is 459 g/mol. The van der Waals surface area contributed by atoms with E-state index in [2.05, 4.69) is 20.0 Å². The zero-order chi connectivity index (χ0) is 22.4. The van der Waals surface area contributed by atoms with Gasteiger partial charge < -0.3 is 24.8 Å². The maximum Gasteiger partial charge on any atom is 0.573 e. The van der Waals surface area contributed by atoms with Crippen LogP contribution in [0.5, 0.6) is 11.5 Å². The van der Waals surface area contributed by atoms with Crippen molar-refractivity contribution in [3.63, 3.8) is 0 Å². The highest BCUT2D eigenvalue weighted by Gasteiger charge is 2.31. The van der Waals surface area contributed by atoms with Crippen molar-refractivity contribution in [3.8, 4) is 11.5 Å². The van der Waals surface area contributed by atoms with Gasteiger partial charge in [-0.1, -0.05) is 11.6 Å². The second kappa shape index (κ2) is 9.97. The Morgan fingerprint density at radius 2 is 2.06 bits per heavy atom. The molecular formula is C19H18ClF3N4O4. The molecule has 1 saturated heterocycles. The first-order chi connectivity index (χ1) is 14.8. The number of aliphatic hydroxyl groups is 1. The van der Waals surface area contributed by atoms with Crippen LogP contribution in [0, 0.1) is 0 Å². The number of rotatable bonds is 7. The van der Waals surface area contributed by atoms with Gasteiger partial charge in [-0.05, 0) is 18.2 Å². The molecule has 1 aliphatic heterocycles. The van der Waals surface area contributed by atoms with Gasteiger partial charge in [0.1, 0.15) is 35.7 Å². The number of aromatic nitrogens is 1. The van der Waals surface area contributed by atoms with Crippen molar-refractivity contribution in [3.05, 3.63) is 41.0 Å². The van der Waals surface area contributed by atoms with Crippen molar-refractivity contribution in [2.45, 2.75) is 12.5 Å². The number of alkyl halides is 3. The molecule has 1 aliphatic rings. The molecule has 1 aromatic heterocycles. The monoisotopic (exact) mass is 458 g/mol. The van der Waals surface area contributed by atoms with Gasteiger partial charge in [-0.3, -0.25) is 0 Å². The zero-order valence-corrected chi connectivity index (χ0v) is 16.8. The number of ether oxygens (including phenoxy) is 2. The number of halogens is 4. The fraction of sp³-hybridized carbons (Fsp3) is 0.368. The Bertz CT molecular complexity index is 964. The van der Waals surface area contributed by atoms with Crippen LogP contribution in [0.1, 0.15) is 11.7 Å². The second-order valence-corrected chi connectivity index (χ2v) is 6.93. The number of piperazine rings is 1. The SMILES string of the molecule is O=C=Nc1ccc(OC(F)(F)F)cc1OC[C@@H](O)c1cnc(N2CCNCC2)c(Cl)c1. The molecule has 0 aliphatic carbocycles.